The monoisotopic (exact) mass is 284 g/mol. The Bertz CT molecular complexity index is 592. The van der Waals surface area contributed by atoms with Gasteiger partial charge in [0.1, 0.15) is 23.9 Å². The Kier molecular flexibility index (Phi) is 3.74. The van der Waals surface area contributed by atoms with Crippen LogP contribution in [0.15, 0.2) is 42.5 Å². The molecule has 6 heteroatoms. The van der Waals surface area contributed by atoms with Crippen molar-refractivity contribution in [1.29, 1.82) is 0 Å². The maximum atomic E-state index is 12.4. The highest BCUT2D eigenvalue weighted by molar-refractivity contribution is 5.39. The van der Waals surface area contributed by atoms with Crippen LogP contribution in [0.25, 0.3) is 0 Å². The largest absolute Gasteiger partial charge is 0.508 e. The van der Waals surface area contributed by atoms with Crippen molar-refractivity contribution in [2.75, 3.05) is 0 Å². The van der Waals surface area contributed by atoms with Gasteiger partial charge in [0.05, 0.1) is 5.56 Å². The first-order chi connectivity index (χ1) is 9.36. The molecule has 0 aliphatic carbocycles. The molecule has 0 heterocycles. The number of benzene rings is 2. The molecule has 0 radical (unpaired) electrons. The fraction of sp³-hybridized carbons (Fsp3) is 0.143. The average Bonchev–Trinajstić information content (AvgIpc) is 2.37. The fourth-order valence-corrected chi connectivity index (χ4v) is 1.58. The molecule has 0 atom stereocenters. The lowest BCUT2D eigenvalue weighted by Crippen LogP contribution is -2.04. The molecule has 0 aromatic heterocycles. The molecular weight excluding hydrogens is 273 g/mol. The van der Waals surface area contributed by atoms with Gasteiger partial charge in [-0.3, -0.25) is 0 Å². The summed E-state index contributed by atoms with van der Waals surface area (Å²) in [6.45, 7) is -0.0164. The summed E-state index contributed by atoms with van der Waals surface area (Å²) in [6, 6.07) is 8.27. The van der Waals surface area contributed by atoms with E-state index in [1.807, 2.05) is 0 Å². The second-order valence-electron chi connectivity index (χ2n) is 4.12. The van der Waals surface area contributed by atoms with E-state index in [-0.39, 0.29) is 23.9 Å². The van der Waals surface area contributed by atoms with Crippen LogP contribution in [0.2, 0.25) is 0 Å². The smallest absolute Gasteiger partial charge is 0.416 e. The molecule has 0 saturated carbocycles. The van der Waals surface area contributed by atoms with E-state index in [1.54, 1.807) is 0 Å². The molecule has 0 bridgehead atoms. The molecule has 3 nitrogen and oxygen atoms in total. The van der Waals surface area contributed by atoms with E-state index in [0.29, 0.717) is 5.56 Å². The molecule has 2 aromatic carbocycles. The predicted octanol–water partition coefficient (Wildman–Crippen LogP) is 3.70. The van der Waals surface area contributed by atoms with Gasteiger partial charge in [0.2, 0.25) is 0 Å². The molecule has 2 aromatic rings. The second kappa shape index (κ2) is 5.32. The summed E-state index contributed by atoms with van der Waals surface area (Å²) in [5, 5.41) is 18.7. The average molecular weight is 284 g/mol. The molecule has 0 fully saturated rings. The minimum absolute atomic E-state index is 0.0164. The van der Waals surface area contributed by atoms with Crippen molar-refractivity contribution >= 4 is 0 Å². The number of hydrogen-bond donors (Lipinski definition) is 2. The Labute approximate surface area is 112 Å². The van der Waals surface area contributed by atoms with Crippen molar-refractivity contribution in [2.45, 2.75) is 12.8 Å². The van der Waals surface area contributed by atoms with Gasteiger partial charge in [0, 0.05) is 11.6 Å². The van der Waals surface area contributed by atoms with Gasteiger partial charge in [-0.2, -0.15) is 13.2 Å². The van der Waals surface area contributed by atoms with Gasteiger partial charge in [-0.05, 0) is 36.4 Å². The van der Waals surface area contributed by atoms with E-state index in [0.717, 1.165) is 18.2 Å². The summed E-state index contributed by atoms with van der Waals surface area (Å²) in [6.07, 6.45) is -4.38. The summed E-state index contributed by atoms with van der Waals surface area (Å²) >= 11 is 0. The summed E-state index contributed by atoms with van der Waals surface area (Å²) in [5.41, 5.74) is -0.333. The maximum Gasteiger partial charge on any atom is 0.416 e. The third-order valence-corrected chi connectivity index (χ3v) is 2.64. The zero-order valence-corrected chi connectivity index (χ0v) is 10.2. The van der Waals surface area contributed by atoms with Gasteiger partial charge < -0.3 is 14.9 Å². The van der Waals surface area contributed by atoms with E-state index in [2.05, 4.69) is 0 Å². The maximum absolute atomic E-state index is 12.4. The molecule has 0 unspecified atom stereocenters. The molecule has 106 valence electrons. The Morgan fingerprint density at radius 3 is 2.15 bits per heavy atom. The van der Waals surface area contributed by atoms with Crippen LogP contribution in [0.5, 0.6) is 17.2 Å². The van der Waals surface area contributed by atoms with Crippen LogP contribution in [0.3, 0.4) is 0 Å². The van der Waals surface area contributed by atoms with Crippen molar-refractivity contribution in [1.82, 2.24) is 0 Å². The van der Waals surface area contributed by atoms with Crippen LogP contribution >= 0.6 is 0 Å². The number of phenols is 2. The van der Waals surface area contributed by atoms with Crippen LogP contribution < -0.4 is 4.74 Å². The van der Waals surface area contributed by atoms with Gasteiger partial charge in [0.25, 0.3) is 0 Å². The molecule has 0 aliphatic rings. The highest BCUT2D eigenvalue weighted by Gasteiger charge is 2.29. The van der Waals surface area contributed by atoms with E-state index in [9.17, 15) is 18.3 Å². The lowest BCUT2D eigenvalue weighted by Gasteiger charge is -2.10. The lowest BCUT2D eigenvalue weighted by molar-refractivity contribution is -0.137. The number of alkyl halides is 3. The van der Waals surface area contributed by atoms with Crippen molar-refractivity contribution in [3.63, 3.8) is 0 Å². The molecular formula is C14H11F3O3. The second-order valence-corrected chi connectivity index (χ2v) is 4.12. The topological polar surface area (TPSA) is 49.7 Å². The van der Waals surface area contributed by atoms with E-state index < -0.39 is 11.7 Å². The molecule has 2 N–H and O–H groups in total. The number of ether oxygens (including phenoxy) is 1. The van der Waals surface area contributed by atoms with E-state index in [1.165, 1.54) is 24.3 Å². The highest BCUT2D eigenvalue weighted by Crippen LogP contribution is 2.30. The minimum Gasteiger partial charge on any atom is -0.508 e. The van der Waals surface area contributed by atoms with Crippen LogP contribution in [-0.2, 0) is 12.8 Å². The first-order valence-corrected chi connectivity index (χ1v) is 5.67. The predicted molar refractivity (Wildman–Crippen MR) is 65.5 cm³/mol. The van der Waals surface area contributed by atoms with Crippen LogP contribution in [-0.4, -0.2) is 10.2 Å². The first kappa shape index (κ1) is 14.0. The van der Waals surface area contributed by atoms with Gasteiger partial charge in [-0.1, -0.05) is 0 Å². The Morgan fingerprint density at radius 2 is 1.60 bits per heavy atom. The SMILES string of the molecule is Oc1ccc(COc2ccc(C(F)(F)F)cc2)c(O)c1. The Morgan fingerprint density at radius 1 is 0.950 bits per heavy atom. The lowest BCUT2D eigenvalue weighted by atomic mass is 10.2. The number of phenolic OH excluding ortho intramolecular Hbond substituents is 2. The van der Waals surface area contributed by atoms with Crippen molar-refractivity contribution in [3.8, 4) is 17.2 Å². The summed E-state index contributed by atoms with van der Waals surface area (Å²) in [7, 11) is 0. The van der Waals surface area contributed by atoms with Crippen LogP contribution in [0.4, 0.5) is 13.2 Å². The normalized spacial score (nSPS) is 11.3. The first-order valence-electron chi connectivity index (χ1n) is 5.67. The zero-order valence-electron chi connectivity index (χ0n) is 10.2. The number of hydrogen-bond acceptors (Lipinski definition) is 3. The van der Waals surface area contributed by atoms with Crippen molar-refractivity contribution in [3.05, 3.63) is 53.6 Å². The van der Waals surface area contributed by atoms with Gasteiger partial charge in [0.15, 0.2) is 0 Å². The van der Waals surface area contributed by atoms with E-state index >= 15 is 0 Å². The van der Waals surface area contributed by atoms with Crippen molar-refractivity contribution in [2.24, 2.45) is 0 Å². The standard InChI is InChI=1S/C14H11F3O3/c15-14(16,17)10-2-5-12(6-3-10)20-8-9-1-4-11(18)7-13(9)19/h1-7,18-19H,8H2. The molecule has 20 heavy (non-hydrogen) atoms. The number of aromatic hydroxyl groups is 2. The fourth-order valence-electron chi connectivity index (χ4n) is 1.58. The summed E-state index contributed by atoms with van der Waals surface area (Å²) in [4.78, 5) is 0. The molecule has 0 saturated heterocycles. The number of rotatable bonds is 3. The van der Waals surface area contributed by atoms with Crippen LogP contribution in [0.1, 0.15) is 11.1 Å². The van der Waals surface area contributed by atoms with Gasteiger partial charge >= 0.3 is 6.18 Å². The van der Waals surface area contributed by atoms with Gasteiger partial charge in [-0.15, -0.1) is 0 Å². The van der Waals surface area contributed by atoms with Crippen molar-refractivity contribution < 1.29 is 28.1 Å². The molecule has 0 amide bonds. The molecule has 2 rings (SSSR count). The summed E-state index contributed by atoms with van der Waals surface area (Å²) < 4.78 is 42.4. The zero-order chi connectivity index (χ0) is 14.8. The number of halogens is 3. The summed E-state index contributed by atoms with van der Waals surface area (Å²) in [5.74, 6) is 0.0307. The van der Waals surface area contributed by atoms with Gasteiger partial charge in [-0.25, -0.2) is 0 Å². The third kappa shape index (κ3) is 3.34. The van der Waals surface area contributed by atoms with Crippen LogP contribution in [0, 0.1) is 0 Å². The van der Waals surface area contributed by atoms with E-state index in [4.69, 9.17) is 9.84 Å². The Balaban J connectivity index is 2.04. The quantitative estimate of drug-likeness (QED) is 0.903. The minimum atomic E-state index is -4.38. The molecule has 0 spiro atoms. The third-order valence-electron chi connectivity index (χ3n) is 2.64. The Hall–Kier alpha value is -2.37. The molecule has 0 aliphatic heterocycles. The highest BCUT2D eigenvalue weighted by atomic mass is 19.4.